The Morgan fingerprint density at radius 1 is 1.33 bits per heavy atom. The number of aryl methyl sites for hydroxylation is 1. The molecule has 0 saturated carbocycles. The van der Waals surface area contributed by atoms with Crippen LogP contribution < -0.4 is 15.0 Å². The molecule has 3 rings (SSSR count). The van der Waals surface area contributed by atoms with Crippen molar-refractivity contribution >= 4 is 29.0 Å². The minimum atomic E-state index is -0.334. The number of nitrogens with zero attached hydrogens (tertiary/aromatic N) is 3. The van der Waals surface area contributed by atoms with Crippen molar-refractivity contribution in [1.29, 1.82) is 0 Å². The van der Waals surface area contributed by atoms with Crippen molar-refractivity contribution < 1.29 is 9.53 Å². The zero-order valence-electron chi connectivity index (χ0n) is 16.0. The minimum Gasteiger partial charge on any atom is -0.495 e. The Labute approximate surface area is 164 Å². The van der Waals surface area contributed by atoms with Gasteiger partial charge in [0.2, 0.25) is 0 Å². The van der Waals surface area contributed by atoms with Crippen LogP contribution in [-0.4, -0.2) is 35.6 Å². The summed E-state index contributed by atoms with van der Waals surface area (Å²) in [4.78, 5) is 23.7. The monoisotopic (exact) mass is 388 g/mol. The standard InChI is InChI=1S/C20H25ClN4O2/c1-4-14-7-5-6-8-25(14)19-12-22-17(11-23-19)20(26)24-16-9-13(2)15(21)10-18(16)27-3/h9-12,14H,4-8H2,1-3H3,(H,24,26). The van der Waals surface area contributed by atoms with Gasteiger partial charge in [0.1, 0.15) is 17.3 Å². The summed E-state index contributed by atoms with van der Waals surface area (Å²) in [5.74, 6) is 1.00. The fourth-order valence-electron chi connectivity index (χ4n) is 3.43. The van der Waals surface area contributed by atoms with Gasteiger partial charge in [0, 0.05) is 23.7 Å². The van der Waals surface area contributed by atoms with Crippen molar-refractivity contribution in [1.82, 2.24) is 9.97 Å². The maximum Gasteiger partial charge on any atom is 0.275 e. The van der Waals surface area contributed by atoms with Crippen molar-refractivity contribution in [3.63, 3.8) is 0 Å². The van der Waals surface area contributed by atoms with Gasteiger partial charge in [0.05, 0.1) is 25.2 Å². The highest BCUT2D eigenvalue weighted by Crippen LogP contribution is 2.31. The van der Waals surface area contributed by atoms with Gasteiger partial charge < -0.3 is 15.0 Å². The average Bonchev–Trinajstić information content (AvgIpc) is 2.70. The molecule has 1 amide bonds. The maximum absolute atomic E-state index is 12.6. The van der Waals surface area contributed by atoms with Crippen molar-refractivity contribution in [2.45, 2.75) is 45.6 Å². The number of carbonyl (C=O) groups is 1. The maximum atomic E-state index is 12.6. The number of nitrogens with one attached hydrogen (secondary N) is 1. The van der Waals surface area contributed by atoms with Gasteiger partial charge in [-0.1, -0.05) is 18.5 Å². The van der Waals surface area contributed by atoms with Gasteiger partial charge in [-0.2, -0.15) is 0 Å². The highest BCUT2D eigenvalue weighted by Gasteiger charge is 2.22. The molecular weight excluding hydrogens is 364 g/mol. The quantitative estimate of drug-likeness (QED) is 0.818. The second-order valence-electron chi connectivity index (χ2n) is 6.77. The molecule has 7 heteroatoms. The van der Waals surface area contributed by atoms with Crippen LogP contribution in [0, 0.1) is 6.92 Å². The lowest BCUT2D eigenvalue weighted by atomic mass is 10.0. The van der Waals surface area contributed by atoms with E-state index in [2.05, 4.69) is 27.1 Å². The van der Waals surface area contributed by atoms with Crippen LogP contribution in [0.3, 0.4) is 0 Å². The lowest BCUT2D eigenvalue weighted by Gasteiger charge is -2.35. The molecule has 1 atom stereocenters. The Hall–Kier alpha value is -2.34. The van der Waals surface area contributed by atoms with E-state index in [1.54, 1.807) is 18.3 Å². The molecule has 1 aliphatic heterocycles. The van der Waals surface area contributed by atoms with Crippen LogP contribution in [0.4, 0.5) is 11.5 Å². The summed E-state index contributed by atoms with van der Waals surface area (Å²) in [5.41, 5.74) is 1.67. The summed E-state index contributed by atoms with van der Waals surface area (Å²) in [6.07, 6.45) is 7.89. The van der Waals surface area contributed by atoms with Crippen LogP contribution in [0.1, 0.15) is 48.7 Å². The molecule has 6 nitrogen and oxygen atoms in total. The van der Waals surface area contributed by atoms with Crippen LogP contribution in [0.5, 0.6) is 5.75 Å². The third-order valence-corrected chi connectivity index (χ3v) is 5.40. The molecular formula is C20H25ClN4O2. The smallest absolute Gasteiger partial charge is 0.275 e. The van der Waals surface area contributed by atoms with Gasteiger partial charge in [-0.05, 0) is 44.2 Å². The topological polar surface area (TPSA) is 67.4 Å². The summed E-state index contributed by atoms with van der Waals surface area (Å²) in [6.45, 7) is 5.05. The molecule has 1 unspecified atom stereocenters. The molecule has 1 aliphatic rings. The van der Waals surface area contributed by atoms with Crippen molar-refractivity contribution in [2.75, 3.05) is 23.9 Å². The average molecular weight is 389 g/mol. The molecule has 1 fully saturated rings. The number of carbonyl (C=O) groups excluding carboxylic acids is 1. The number of benzene rings is 1. The fourth-order valence-corrected chi connectivity index (χ4v) is 3.58. The Morgan fingerprint density at radius 3 is 2.81 bits per heavy atom. The summed E-state index contributed by atoms with van der Waals surface area (Å²) in [5, 5.41) is 3.41. The van der Waals surface area contributed by atoms with Gasteiger partial charge in [-0.15, -0.1) is 0 Å². The van der Waals surface area contributed by atoms with Crippen LogP contribution in [0.25, 0.3) is 0 Å². The lowest BCUT2D eigenvalue weighted by Crippen LogP contribution is -2.39. The first-order chi connectivity index (χ1) is 13.0. The zero-order valence-corrected chi connectivity index (χ0v) is 16.7. The normalized spacial score (nSPS) is 16.9. The molecule has 0 spiro atoms. The molecule has 1 aromatic heterocycles. The number of hydrogen-bond donors (Lipinski definition) is 1. The summed E-state index contributed by atoms with van der Waals surface area (Å²) in [6, 6.07) is 3.96. The molecule has 1 aromatic carbocycles. The molecule has 2 aromatic rings. The third kappa shape index (κ3) is 4.33. The van der Waals surface area contributed by atoms with E-state index in [-0.39, 0.29) is 11.6 Å². The van der Waals surface area contributed by atoms with E-state index in [0.29, 0.717) is 22.5 Å². The third-order valence-electron chi connectivity index (χ3n) is 4.99. The van der Waals surface area contributed by atoms with Crippen molar-refractivity contribution in [3.05, 3.63) is 40.8 Å². The molecule has 0 aliphatic carbocycles. The van der Waals surface area contributed by atoms with Gasteiger partial charge >= 0.3 is 0 Å². The highest BCUT2D eigenvalue weighted by atomic mass is 35.5. The Morgan fingerprint density at radius 2 is 2.15 bits per heavy atom. The Bertz CT molecular complexity index is 810. The number of methoxy groups -OCH3 is 1. The number of amides is 1. The SMILES string of the molecule is CCC1CCCCN1c1cnc(C(=O)Nc2cc(C)c(Cl)cc2OC)cn1. The van der Waals surface area contributed by atoms with Gasteiger partial charge in [-0.3, -0.25) is 4.79 Å². The summed E-state index contributed by atoms with van der Waals surface area (Å²) >= 11 is 6.11. The summed E-state index contributed by atoms with van der Waals surface area (Å²) in [7, 11) is 1.54. The molecule has 0 radical (unpaired) electrons. The first kappa shape index (κ1) is 19.4. The van der Waals surface area contributed by atoms with Crippen LogP contribution in [0.15, 0.2) is 24.5 Å². The van der Waals surface area contributed by atoms with E-state index < -0.39 is 0 Å². The van der Waals surface area contributed by atoms with Gasteiger partial charge in [-0.25, -0.2) is 9.97 Å². The van der Waals surface area contributed by atoms with E-state index in [1.165, 1.54) is 26.1 Å². The second-order valence-corrected chi connectivity index (χ2v) is 7.17. The first-order valence-corrected chi connectivity index (χ1v) is 9.65. The molecule has 0 bridgehead atoms. The second kappa shape index (κ2) is 8.57. The van der Waals surface area contributed by atoms with E-state index in [4.69, 9.17) is 16.3 Å². The Kier molecular flexibility index (Phi) is 6.16. The van der Waals surface area contributed by atoms with Crippen LogP contribution >= 0.6 is 11.6 Å². The van der Waals surface area contributed by atoms with Crippen molar-refractivity contribution in [3.8, 4) is 5.75 Å². The van der Waals surface area contributed by atoms with E-state index in [1.807, 2.05) is 6.92 Å². The van der Waals surface area contributed by atoms with Gasteiger partial charge in [0.15, 0.2) is 0 Å². The molecule has 1 saturated heterocycles. The summed E-state index contributed by atoms with van der Waals surface area (Å²) < 4.78 is 5.30. The number of halogens is 1. The number of hydrogen-bond acceptors (Lipinski definition) is 5. The van der Waals surface area contributed by atoms with E-state index in [9.17, 15) is 4.79 Å². The lowest BCUT2D eigenvalue weighted by molar-refractivity contribution is 0.102. The molecule has 144 valence electrons. The molecule has 27 heavy (non-hydrogen) atoms. The van der Waals surface area contributed by atoms with E-state index >= 15 is 0 Å². The van der Waals surface area contributed by atoms with Crippen LogP contribution in [0.2, 0.25) is 5.02 Å². The van der Waals surface area contributed by atoms with Crippen molar-refractivity contribution in [2.24, 2.45) is 0 Å². The minimum absolute atomic E-state index is 0.262. The number of rotatable bonds is 5. The fraction of sp³-hybridized carbons (Fsp3) is 0.450. The van der Waals surface area contributed by atoms with Gasteiger partial charge in [0.25, 0.3) is 5.91 Å². The number of piperidine rings is 1. The van der Waals surface area contributed by atoms with Crippen LogP contribution in [-0.2, 0) is 0 Å². The highest BCUT2D eigenvalue weighted by molar-refractivity contribution is 6.31. The Balaban J connectivity index is 1.75. The number of anilines is 2. The first-order valence-electron chi connectivity index (χ1n) is 9.27. The van der Waals surface area contributed by atoms with E-state index in [0.717, 1.165) is 30.8 Å². The zero-order chi connectivity index (χ0) is 19.4. The number of aromatic nitrogens is 2. The predicted molar refractivity (Wildman–Crippen MR) is 108 cm³/mol. The largest absolute Gasteiger partial charge is 0.495 e. The predicted octanol–water partition coefficient (Wildman–Crippen LogP) is 4.47. The number of ether oxygens (including phenoxy) is 1. The molecule has 2 heterocycles. The molecule has 1 N–H and O–H groups in total.